The number of carbonyl (C=O) groups excluding carboxylic acids is 1. The Kier molecular flexibility index (Phi) is 4.84. The number of nitrogen functional groups attached to an aromatic ring is 1. The van der Waals surface area contributed by atoms with Gasteiger partial charge in [0.2, 0.25) is 5.91 Å². The maximum absolute atomic E-state index is 12.4. The minimum Gasteiger partial charge on any atom is -0.384 e. The molecule has 0 unspecified atom stereocenters. The summed E-state index contributed by atoms with van der Waals surface area (Å²) in [6.45, 7) is 3.55. The Morgan fingerprint density at radius 3 is 2.80 bits per heavy atom. The number of amides is 1. The second-order valence-corrected chi connectivity index (χ2v) is 5.98. The van der Waals surface area contributed by atoms with Gasteiger partial charge in [-0.05, 0) is 48.2 Å². The molecule has 0 radical (unpaired) electrons. The van der Waals surface area contributed by atoms with E-state index in [0.29, 0.717) is 12.4 Å². The first-order chi connectivity index (χ1) is 12.1. The number of carbonyl (C=O) groups is 1. The van der Waals surface area contributed by atoms with Crippen LogP contribution in [-0.2, 0) is 17.9 Å². The van der Waals surface area contributed by atoms with E-state index in [9.17, 15) is 4.79 Å². The van der Waals surface area contributed by atoms with E-state index in [-0.39, 0.29) is 5.91 Å². The fourth-order valence-corrected chi connectivity index (χ4v) is 2.90. The van der Waals surface area contributed by atoms with Crippen LogP contribution in [0.4, 0.5) is 5.82 Å². The van der Waals surface area contributed by atoms with E-state index in [2.05, 4.69) is 34.7 Å². The maximum atomic E-state index is 12.4. The van der Waals surface area contributed by atoms with Crippen molar-refractivity contribution in [2.75, 3.05) is 12.8 Å². The number of aromatic nitrogens is 2. The van der Waals surface area contributed by atoms with Crippen LogP contribution in [0.2, 0.25) is 0 Å². The standard InChI is InChI=1S/C20H22N4O/c1-3-24-17(12-16-6-4-5-7-18(16)24)14-23(2)20(25)11-9-15-8-10-19(21)22-13-15/h4-13H,3,14H2,1-2H3,(H2,21,22). The predicted octanol–water partition coefficient (Wildman–Crippen LogP) is 3.31. The van der Waals surface area contributed by atoms with E-state index in [1.165, 1.54) is 10.9 Å². The first-order valence-electron chi connectivity index (χ1n) is 8.30. The molecule has 128 valence electrons. The second kappa shape index (κ2) is 7.21. The Hall–Kier alpha value is -3.08. The molecule has 5 nitrogen and oxygen atoms in total. The molecular formula is C20H22N4O. The van der Waals surface area contributed by atoms with E-state index >= 15 is 0 Å². The van der Waals surface area contributed by atoms with Crippen LogP contribution in [0.5, 0.6) is 0 Å². The number of nitrogens with two attached hydrogens (primary N) is 1. The van der Waals surface area contributed by atoms with Crippen LogP contribution in [0.1, 0.15) is 18.2 Å². The normalized spacial score (nSPS) is 11.3. The molecule has 3 rings (SSSR count). The van der Waals surface area contributed by atoms with Gasteiger partial charge >= 0.3 is 0 Å². The average molecular weight is 334 g/mol. The molecule has 2 heterocycles. The summed E-state index contributed by atoms with van der Waals surface area (Å²) in [5.41, 5.74) is 8.73. The molecule has 0 aliphatic carbocycles. The van der Waals surface area contributed by atoms with Gasteiger partial charge in [0, 0.05) is 37.1 Å². The lowest BCUT2D eigenvalue weighted by Crippen LogP contribution is -2.25. The predicted molar refractivity (Wildman–Crippen MR) is 102 cm³/mol. The van der Waals surface area contributed by atoms with Crippen molar-refractivity contribution < 1.29 is 4.79 Å². The molecule has 0 atom stereocenters. The van der Waals surface area contributed by atoms with Crippen LogP contribution in [0, 0.1) is 0 Å². The van der Waals surface area contributed by atoms with Crippen LogP contribution < -0.4 is 5.73 Å². The Bertz CT molecular complexity index is 909. The van der Waals surface area contributed by atoms with Crippen molar-refractivity contribution in [1.82, 2.24) is 14.5 Å². The zero-order valence-corrected chi connectivity index (χ0v) is 14.5. The van der Waals surface area contributed by atoms with Crippen molar-refractivity contribution >= 4 is 28.7 Å². The van der Waals surface area contributed by atoms with Gasteiger partial charge in [-0.15, -0.1) is 0 Å². The Morgan fingerprint density at radius 1 is 1.28 bits per heavy atom. The summed E-state index contributed by atoms with van der Waals surface area (Å²) < 4.78 is 2.24. The molecule has 0 saturated carbocycles. The summed E-state index contributed by atoms with van der Waals surface area (Å²) in [5.74, 6) is 0.415. The number of para-hydroxylation sites is 1. The molecule has 0 bridgehead atoms. The molecule has 0 saturated heterocycles. The smallest absolute Gasteiger partial charge is 0.246 e. The van der Waals surface area contributed by atoms with Gasteiger partial charge in [-0.1, -0.05) is 18.2 Å². The van der Waals surface area contributed by atoms with E-state index in [0.717, 1.165) is 17.8 Å². The zero-order chi connectivity index (χ0) is 17.8. The highest BCUT2D eigenvalue weighted by atomic mass is 16.2. The number of hydrogen-bond donors (Lipinski definition) is 1. The summed E-state index contributed by atoms with van der Waals surface area (Å²) >= 11 is 0. The molecule has 2 N–H and O–H groups in total. The Labute approximate surface area is 147 Å². The van der Waals surface area contributed by atoms with Gasteiger partial charge in [0.25, 0.3) is 0 Å². The number of anilines is 1. The minimum atomic E-state index is -0.0512. The number of fused-ring (bicyclic) bond motifs is 1. The highest BCUT2D eigenvalue weighted by molar-refractivity contribution is 5.91. The van der Waals surface area contributed by atoms with Crippen LogP contribution in [0.25, 0.3) is 17.0 Å². The third kappa shape index (κ3) is 3.71. The van der Waals surface area contributed by atoms with Crippen LogP contribution in [-0.4, -0.2) is 27.4 Å². The second-order valence-electron chi connectivity index (χ2n) is 5.98. The maximum Gasteiger partial charge on any atom is 0.246 e. The largest absolute Gasteiger partial charge is 0.384 e. The highest BCUT2D eigenvalue weighted by Crippen LogP contribution is 2.20. The first-order valence-corrected chi connectivity index (χ1v) is 8.30. The summed E-state index contributed by atoms with van der Waals surface area (Å²) in [4.78, 5) is 18.1. The lowest BCUT2D eigenvalue weighted by Gasteiger charge is -2.17. The molecule has 0 spiro atoms. The number of benzene rings is 1. The number of nitrogens with zero attached hydrogens (tertiary/aromatic N) is 3. The topological polar surface area (TPSA) is 64.2 Å². The molecule has 3 aromatic rings. The van der Waals surface area contributed by atoms with Crippen LogP contribution >= 0.6 is 0 Å². The molecule has 1 amide bonds. The molecule has 0 aliphatic rings. The third-order valence-corrected chi connectivity index (χ3v) is 4.22. The molecular weight excluding hydrogens is 312 g/mol. The number of likely N-dealkylation sites (N-methyl/N-ethyl adjacent to an activating group) is 1. The number of aryl methyl sites for hydroxylation is 1. The first kappa shape index (κ1) is 16.8. The van der Waals surface area contributed by atoms with Crippen molar-refractivity contribution in [2.24, 2.45) is 0 Å². The van der Waals surface area contributed by atoms with Crippen molar-refractivity contribution in [2.45, 2.75) is 20.0 Å². The van der Waals surface area contributed by atoms with Gasteiger partial charge in [-0.25, -0.2) is 4.98 Å². The van der Waals surface area contributed by atoms with Crippen LogP contribution in [0.3, 0.4) is 0 Å². The average Bonchev–Trinajstić information content (AvgIpc) is 2.97. The van der Waals surface area contributed by atoms with Gasteiger partial charge in [0.15, 0.2) is 0 Å². The van der Waals surface area contributed by atoms with E-state index in [4.69, 9.17) is 5.73 Å². The summed E-state index contributed by atoms with van der Waals surface area (Å²) in [6, 6.07) is 14.0. The lowest BCUT2D eigenvalue weighted by molar-refractivity contribution is -0.125. The molecule has 0 aliphatic heterocycles. The van der Waals surface area contributed by atoms with E-state index in [1.807, 2.05) is 25.2 Å². The molecule has 5 heteroatoms. The SMILES string of the molecule is CCn1c(CN(C)C(=O)C=Cc2ccc(N)nc2)cc2ccccc21. The monoisotopic (exact) mass is 334 g/mol. The van der Waals surface area contributed by atoms with Gasteiger partial charge in [0.1, 0.15) is 5.82 Å². The molecule has 0 fully saturated rings. The van der Waals surface area contributed by atoms with Crippen LogP contribution in [0.15, 0.2) is 54.7 Å². The fourth-order valence-electron chi connectivity index (χ4n) is 2.90. The van der Waals surface area contributed by atoms with Gasteiger partial charge in [-0.3, -0.25) is 4.79 Å². The molecule has 25 heavy (non-hydrogen) atoms. The number of rotatable bonds is 5. The fraction of sp³-hybridized carbons (Fsp3) is 0.200. The highest BCUT2D eigenvalue weighted by Gasteiger charge is 2.11. The Morgan fingerprint density at radius 2 is 2.08 bits per heavy atom. The van der Waals surface area contributed by atoms with Gasteiger partial charge in [0.05, 0.1) is 6.54 Å². The number of pyridine rings is 1. The molecule has 1 aromatic carbocycles. The summed E-state index contributed by atoms with van der Waals surface area (Å²) in [7, 11) is 1.81. The third-order valence-electron chi connectivity index (χ3n) is 4.22. The van der Waals surface area contributed by atoms with Gasteiger partial charge in [-0.2, -0.15) is 0 Å². The summed E-state index contributed by atoms with van der Waals surface area (Å²) in [6.07, 6.45) is 4.96. The number of hydrogen-bond acceptors (Lipinski definition) is 3. The molecule has 2 aromatic heterocycles. The summed E-state index contributed by atoms with van der Waals surface area (Å²) in [5, 5.41) is 1.20. The quantitative estimate of drug-likeness (QED) is 0.728. The zero-order valence-electron chi connectivity index (χ0n) is 14.5. The van der Waals surface area contributed by atoms with Crippen molar-refractivity contribution in [3.63, 3.8) is 0 Å². The van der Waals surface area contributed by atoms with Crippen molar-refractivity contribution in [3.05, 3.63) is 66.0 Å². The van der Waals surface area contributed by atoms with Gasteiger partial charge < -0.3 is 15.2 Å². The van der Waals surface area contributed by atoms with E-state index < -0.39 is 0 Å². The lowest BCUT2D eigenvalue weighted by atomic mass is 10.2. The van der Waals surface area contributed by atoms with Crippen molar-refractivity contribution in [1.29, 1.82) is 0 Å². The minimum absolute atomic E-state index is 0.0512. The van der Waals surface area contributed by atoms with E-state index in [1.54, 1.807) is 29.3 Å². The van der Waals surface area contributed by atoms with Crippen molar-refractivity contribution in [3.8, 4) is 0 Å². The Balaban J connectivity index is 1.74.